The summed E-state index contributed by atoms with van der Waals surface area (Å²) in [6.45, 7) is 5.33. The Kier molecular flexibility index (Phi) is 3.48. The fraction of sp³-hybridized carbons (Fsp3) is 0.826. The third-order valence-electron chi connectivity index (χ3n) is 9.53. The van der Waals surface area contributed by atoms with E-state index in [1.807, 2.05) is 12.5 Å². The quantitative estimate of drug-likeness (QED) is 0.553. The normalized spacial score (nSPS) is 50.8. The molecule has 1 aromatic heterocycles. The molecule has 1 heteroatoms. The molecule has 24 heavy (non-hydrogen) atoms. The molecule has 7 atom stereocenters. The molecule has 0 spiro atoms. The van der Waals surface area contributed by atoms with Gasteiger partial charge in [0.2, 0.25) is 0 Å². The largest absolute Gasteiger partial charge is 0.472 e. The first-order valence-electron chi connectivity index (χ1n) is 10.6. The third kappa shape index (κ3) is 1.99. The summed E-state index contributed by atoms with van der Waals surface area (Å²) in [7, 11) is 0. The van der Waals surface area contributed by atoms with Crippen LogP contribution in [0, 0.1) is 34.5 Å². The second-order valence-corrected chi connectivity index (χ2v) is 10.1. The van der Waals surface area contributed by atoms with Crippen molar-refractivity contribution in [2.24, 2.45) is 34.5 Å². The van der Waals surface area contributed by atoms with Crippen LogP contribution in [0.1, 0.15) is 89.5 Å². The molecule has 0 aliphatic heterocycles. The molecule has 2 unspecified atom stereocenters. The fourth-order valence-corrected chi connectivity index (χ4v) is 8.32. The Morgan fingerprint density at radius 1 is 0.875 bits per heavy atom. The van der Waals surface area contributed by atoms with E-state index in [4.69, 9.17) is 4.42 Å². The predicted molar refractivity (Wildman–Crippen MR) is 97.8 cm³/mol. The Hall–Kier alpha value is -0.720. The molecule has 4 fully saturated rings. The summed E-state index contributed by atoms with van der Waals surface area (Å²) in [5, 5.41) is 0. The van der Waals surface area contributed by atoms with Gasteiger partial charge < -0.3 is 4.42 Å². The first-order valence-corrected chi connectivity index (χ1v) is 10.6. The summed E-state index contributed by atoms with van der Waals surface area (Å²) in [6, 6.07) is 2.24. The molecule has 4 saturated carbocycles. The Morgan fingerprint density at radius 3 is 2.58 bits per heavy atom. The van der Waals surface area contributed by atoms with Crippen molar-refractivity contribution in [3.8, 4) is 0 Å². The molecule has 0 saturated heterocycles. The Labute approximate surface area is 147 Å². The van der Waals surface area contributed by atoms with Gasteiger partial charge in [-0.2, -0.15) is 0 Å². The van der Waals surface area contributed by atoms with E-state index in [0.29, 0.717) is 10.8 Å². The fourth-order valence-electron chi connectivity index (χ4n) is 8.32. The van der Waals surface area contributed by atoms with Gasteiger partial charge in [0.1, 0.15) is 0 Å². The van der Waals surface area contributed by atoms with Gasteiger partial charge in [0, 0.05) is 0 Å². The summed E-state index contributed by atoms with van der Waals surface area (Å²) in [5.74, 6) is 4.80. The van der Waals surface area contributed by atoms with Crippen molar-refractivity contribution in [2.75, 3.05) is 0 Å². The lowest BCUT2D eigenvalue weighted by Crippen LogP contribution is -2.52. The molecule has 5 rings (SSSR count). The van der Waals surface area contributed by atoms with Crippen LogP contribution in [0.15, 0.2) is 23.0 Å². The molecule has 1 aromatic rings. The van der Waals surface area contributed by atoms with Crippen LogP contribution in [-0.2, 0) is 0 Å². The van der Waals surface area contributed by atoms with E-state index in [-0.39, 0.29) is 0 Å². The molecular formula is C23H34O. The van der Waals surface area contributed by atoms with Crippen molar-refractivity contribution in [3.05, 3.63) is 24.2 Å². The standard InChI is InChI=1S/C23H34O/c1-22-12-4-3-5-17(22)6-7-18-20-9-8-19(16-11-14-24-15-16)23(20,2)13-10-21(18)22/h11,14-15,17-21H,3-10,12-13H2,1-2H3/t17?,18-,19?,20-,21+,22-,23+/m0/s1. The minimum absolute atomic E-state index is 0.531. The number of rotatable bonds is 1. The smallest absolute Gasteiger partial charge is 0.0937 e. The molecule has 4 aliphatic carbocycles. The van der Waals surface area contributed by atoms with E-state index >= 15 is 0 Å². The highest BCUT2D eigenvalue weighted by atomic mass is 16.3. The zero-order valence-electron chi connectivity index (χ0n) is 15.6. The first kappa shape index (κ1) is 15.5. The zero-order valence-corrected chi connectivity index (χ0v) is 15.6. The van der Waals surface area contributed by atoms with E-state index in [1.54, 1.807) is 0 Å². The zero-order chi connectivity index (χ0) is 16.4. The van der Waals surface area contributed by atoms with Gasteiger partial charge in [0.05, 0.1) is 12.5 Å². The van der Waals surface area contributed by atoms with Crippen LogP contribution in [0.5, 0.6) is 0 Å². The summed E-state index contributed by atoms with van der Waals surface area (Å²) >= 11 is 0. The maximum atomic E-state index is 5.44. The van der Waals surface area contributed by atoms with Crippen LogP contribution in [0.25, 0.3) is 0 Å². The average molecular weight is 327 g/mol. The van der Waals surface area contributed by atoms with Crippen molar-refractivity contribution in [1.82, 2.24) is 0 Å². The van der Waals surface area contributed by atoms with Gasteiger partial charge in [-0.25, -0.2) is 0 Å². The number of furan rings is 1. The van der Waals surface area contributed by atoms with Crippen LogP contribution in [0.3, 0.4) is 0 Å². The summed E-state index contributed by atoms with van der Waals surface area (Å²) in [4.78, 5) is 0. The van der Waals surface area contributed by atoms with Gasteiger partial charge in [0.15, 0.2) is 0 Å². The number of hydrogen-bond acceptors (Lipinski definition) is 1. The lowest BCUT2D eigenvalue weighted by atomic mass is 9.45. The maximum Gasteiger partial charge on any atom is 0.0937 e. The van der Waals surface area contributed by atoms with Gasteiger partial charge in [-0.3, -0.25) is 0 Å². The minimum atomic E-state index is 0.531. The minimum Gasteiger partial charge on any atom is -0.472 e. The van der Waals surface area contributed by atoms with Gasteiger partial charge in [-0.15, -0.1) is 0 Å². The number of hydrogen-bond donors (Lipinski definition) is 0. The molecule has 0 amide bonds. The lowest BCUT2D eigenvalue weighted by molar-refractivity contribution is -0.105. The Morgan fingerprint density at radius 2 is 1.75 bits per heavy atom. The molecular weight excluding hydrogens is 292 g/mol. The van der Waals surface area contributed by atoms with E-state index in [0.717, 1.165) is 29.6 Å². The van der Waals surface area contributed by atoms with Crippen LogP contribution >= 0.6 is 0 Å². The SMILES string of the molecule is C[C@]12CCCCC1CC[C@@H]1[C@H]2CC[C@]2(C)C(c3ccoc3)CC[C@@H]12. The third-order valence-corrected chi connectivity index (χ3v) is 9.53. The van der Waals surface area contributed by atoms with E-state index in [2.05, 4.69) is 19.9 Å². The monoisotopic (exact) mass is 326 g/mol. The topological polar surface area (TPSA) is 13.1 Å². The van der Waals surface area contributed by atoms with E-state index in [9.17, 15) is 0 Å². The second-order valence-electron chi connectivity index (χ2n) is 10.1. The Bertz CT molecular complexity index is 589. The summed E-state index contributed by atoms with van der Waals surface area (Å²) in [6.07, 6.45) is 18.8. The highest BCUT2D eigenvalue weighted by molar-refractivity contribution is 5.22. The van der Waals surface area contributed by atoms with Crippen LogP contribution < -0.4 is 0 Å². The van der Waals surface area contributed by atoms with Crippen LogP contribution in [0.2, 0.25) is 0 Å². The summed E-state index contributed by atoms with van der Waals surface area (Å²) in [5.41, 5.74) is 2.69. The van der Waals surface area contributed by atoms with Crippen molar-refractivity contribution in [3.63, 3.8) is 0 Å². The van der Waals surface area contributed by atoms with E-state index < -0.39 is 0 Å². The van der Waals surface area contributed by atoms with Crippen molar-refractivity contribution in [1.29, 1.82) is 0 Å². The van der Waals surface area contributed by atoms with Crippen LogP contribution in [-0.4, -0.2) is 0 Å². The molecule has 1 heterocycles. The van der Waals surface area contributed by atoms with E-state index in [1.165, 1.54) is 69.8 Å². The molecule has 0 aromatic carbocycles. The molecule has 0 bridgehead atoms. The van der Waals surface area contributed by atoms with Crippen LogP contribution in [0.4, 0.5) is 0 Å². The lowest BCUT2D eigenvalue weighted by Gasteiger charge is -2.60. The van der Waals surface area contributed by atoms with Gasteiger partial charge in [-0.05, 0) is 103 Å². The van der Waals surface area contributed by atoms with Crippen molar-refractivity contribution in [2.45, 2.75) is 84.0 Å². The van der Waals surface area contributed by atoms with Gasteiger partial charge in [-0.1, -0.05) is 26.7 Å². The second kappa shape index (κ2) is 5.39. The molecule has 1 nitrogen and oxygen atoms in total. The molecule has 0 N–H and O–H groups in total. The molecule has 4 aliphatic rings. The Balaban J connectivity index is 1.45. The molecule has 0 radical (unpaired) electrons. The average Bonchev–Trinajstić information content (AvgIpc) is 3.20. The highest BCUT2D eigenvalue weighted by Gasteiger charge is 2.59. The maximum absolute atomic E-state index is 5.44. The summed E-state index contributed by atoms with van der Waals surface area (Å²) < 4.78 is 5.44. The van der Waals surface area contributed by atoms with Gasteiger partial charge >= 0.3 is 0 Å². The predicted octanol–water partition coefficient (Wildman–Crippen LogP) is 6.80. The first-order chi connectivity index (χ1) is 11.6. The van der Waals surface area contributed by atoms with Crippen molar-refractivity contribution < 1.29 is 4.42 Å². The molecule has 132 valence electrons. The van der Waals surface area contributed by atoms with Crippen molar-refractivity contribution >= 4 is 0 Å². The van der Waals surface area contributed by atoms with Gasteiger partial charge in [0.25, 0.3) is 0 Å². The number of fused-ring (bicyclic) bond motifs is 5. The highest BCUT2D eigenvalue weighted by Crippen LogP contribution is 2.68.